The standard InChI is InChI=1S/C37H47Cl2N5O4S/c1-8-48-32-30(24-40-33(41-32)35(2,3)4)31-42-36(5,26-11-15-28(38)16-12-26)37(6,27-13-17-29(39)18-14-27)44(31)34(45)43-21-19-25(20-22-43)10-9-23-49(7,46)47/h11-18,24-25H,8-10,19-23H2,1-7H3/t36-,37+/m0/s1. The van der Waals surface area contributed by atoms with Gasteiger partial charge in [-0.15, -0.1) is 0 Å². The first kappa shape index (κ1) is 37.1. The highest BCUT2D eigenvalue weighted by atomic mass is 35.5. The van der Waals surface area contributed by atoms with E-state index in [0.717, 1.165) is 30.4 Å². The molecule has 2 atom stereocenters. The summed E-state index contributed by atoms with van der Waals surface area (Å²) in [5.74, 6) is 1.93. The van der Waals surface area contributed by atoms with Crippen LogP contribution in [-0.2, 0) is 26.3 Å². The van der Waals surface area contributed by atoms with E-state index in [1.807, 2.05) is 95.0 Å². The van der Waals surface area contributed by atoms with E-state index < -0.39 is 20.9 Å². The maximum Gasteiger partial charge on any atom is 0.326 e. The summed E-state index contributed by atoms with van der Waals surface area (Å²) in [6.07, 6.45) is 6.02. The molecule has 0 bridgehead atoms. The van der Waals surface area contributed by atoms with Crippen molar-refractivity contribution in [2.75, 3.05) is 31.7 Å². The van der Waals surface area contributed by atoms with Crippen LogP contribution in [-0.4, -0.2) is 71.8 Å². The molecule has 3 aromatic rings. The fourth-order valence-electron chi connectivity index (χ4n) is 6.88. The fourth-order valence-corrected chi connectivity index (χ4v) is 7.83. The number of urea groups is 1. The van der Waals surface area contributed by atoms with Gasteiger partial charge in [0.15, 0.2) is 0 Å². The first-order valence-electron chi connectivity index (χ1n) is 16.9. The number of halogens is 2. The highest BCUT2D eigenvalue weighted by Gasteiger charge is 2.60. The van der Waals surface area contributed by atoms with Gasteiger partial charge in [-0.2, -0.15) is 4.98 Å². The van der Waals surface area contributed by atoms with Crippen LogP contribution in [0.4, 0.5) is 4.79 Å². The minimum atomic E-state index is -3.01. The lowest BCUT2D eigenvalue weighted by Gasteiger charge is -2.47. The van der Waals surface area contributed by atoms with Crippen molar-refractivity contribution >= 4 is 44.9 Å². The maximum atomic E-state index is 15.1. The van der Waals surface area contributed by atoms with E-state index in [0.29, 0.717) is 65.2 Å². The molecular formula is C37H47Cl2N5O4S. The second kappa shape index (κ2) is 14.2. The van der Waals surface area contributed by atoms with Gasteiger partial charge >= 0.3 is 6.03 Å². The van der Waals surface area contributed by atoms with E-state index in [2.05, 4.69) is 0 Å². The molecule has 5 rings (SSSR count). The summed E-state index contributed by atoms with van der Waals surface area (Å²) in [6.45, 7) is 13.6. The summed E-state index contributed by atoms with van der Waals surface area (Å²) in [6, 6.07) is 15.0. The van der Waals surface area contributed by atoms with Crippen LogP contribution < -0.4 is 4.74 Å². The number of sulfone groups is 1. The summed E-state index contributed by atoms with van der Waals surface area (Å²) >= 11 is 12.8. The molecule has 1 aromatic heterocycles. The number of aliphatic imine (C=N–C) groups is 1. The van der Waals surface area contributed by atoms with Crippen LogP contribution in [0.1, 0.15) is 89.7 Å². The number of amidine groups is 1. The number of carbonyl (C=O) groups is 1. The Kier molecular flexibility index (Phi) is 10.7. The molecule has 0 spiro atoms. The van der Waals surface area contributed by atoms with E-state index in [1.165, 1.54) is 6.26 Å². The maximum absolute atomic E-state index is 15.1. The van der Waals surface area contributed by atoms with E-state index in [4.69, 9.17) is 42.9 Å². The summed E-state index contributed by atoms with van der Waals surface area (Å²) in [7, 11) is -3.01. The summed E-state index contributed by atoms with van der Waals surface area (Å²) in [5, 5.41) is 1.18. The van der Waals surface area contributed by atoms with Crippen molar-refractivity contribution in [2.24, 2.45) is 10.9 Å². The Morgan fingerprint density at radius 1 is 0.980 bits per heavy atom. The molecule has 2 amide bonds. The smallest absolute Gasteiger partial charge is 0.326 e. The van der Waals surface area contributed by atoms with Crippen LogP contribution in [0.25, 0.3) is 0 Å². The summed E-state index contributed by atoms with van der Waals surface area (Å²) in [4.78, 5) is 33.9. The monoisotopic (exact) mass is 727 g/mol. The molecule has 9 nitrogen and oxygen atoms in total. The molecule has 0 aliphatic carbocycles. The first-order chi connectivity index (χ1) is 23.0. The molecule has 1 saturated heterocycles. The van der Waals surface area contributed by atoms with Gasteiger partial charge in [0.25, 0.3) is 0 Å². The Hall–Kier alpha value is -3.21. The van der Waals surface area contributed by atoms with E-state index in [9.17, 15) is 8.42 Å². The van der Waals surface area contributed by atoms with Crippen molar-refractivity contribution < 1.29 is 17.9 Å². The molecule has 0 N–H and O–H groups in total. The van der Waals surface area contributed by atoms with Crippen molar-refractivity contribution in [2.45, 2.75) is 83.7 Å². The molecular weight excluding hydrogens is 681 g/mol. The second-order valence-electron chi connectivity index (χ2n) is 14.5. The molecule has 2 aliphatic heterocycles. The van der Waals surface area contributed by atoms with E-state index >= 15 is 4.79 Å². The third kappa shape index (κ3) is 7.61. The van der Waals surface area contributed by atoms with Gasteiger partial charge in [-0.3, -0.25) is 9.89 Å². The number of amides is 2. The van der Waals surface area contributed by atoms with Crippen molar-refractivity contribution in [3.05, 3.63) is 87.3 Å². The number of benzene rings is 2. The Bertz CT molecular complexity index is 1800. The Balaban J connectivity index is 1.65. The van der Waals surface area contributed by atoms with Gasteiger partial charge in [-0.25, -0.2) is 18.2 Å². The van der Waals surface area contributed by atoms with Gasteiger partial charge in [-0.1, -0.05) is 68.2 Å². The van der Waals surface area contributed by atoms with Crippen LogP contribution in [0.2, 0.25) is 10.0 Å². The van der Waals surface area contributed by atoms with Gasteiger partial charge in [-0.05, 0) is 87.8 Å². The summed E-state index contributed by atoms with van der Waals surface area (Å²) in [5.41, 5.74) is -0.127. The third-order valence-electron chi connectivity index (χ3n) is 9.90. The predicted octanol–water partition coefficient (Wildman–Crippen LogP) is 8.03. The van der Waals surface area contributed by atoms with Gasteiger partial charge in [0, 0.05) is 46.8 Å². The zero-order valence-corrected chi connectivity index (χ0v) is 31.8. The summed E-state index contributed by atoms with van der Waals surface area (Å²) < 4.78 is 29.6. The number of hydrogen-bond donors (Lipinski definition) is 0. The zero-order valence-electron chi connectivity index (χ0n) is 29.5. The minimum Gasteiger partial charge on any atom is -0.477 e. The molecule has 2 aliphatic rings. The number of nitrogens with zero attached hydrogens (tertiary/aromatic N) is 5. The predicted molar refractivity (Wildman–Crippen MR) is 197 cm³/mol. The molecule has 3 heterocycles. The number of rotatable bonds is 9. The highest BCUT2D eigenvalue weighted by molar-refractivity contribution is 7.90. The molecule has 1 fully saturated rings. The van der Waals surface area contributed by atoms with Crippen LogP contribution in [0, 0.1) is 5.92 Å². The number of likely N-dealkylation sites (tertiary alicyclic amines) is 1. The molecule has 0 saturated carbocycles. The zero-order chi connectivity index (χ0) is 35.8. The lowest BCUT2D eigenvalue weighted by molar-refractivity contribution is 0.0959. The van der Waals surface area contributed by atoms with E-state index in [-0.39, 0.29) is 17.2 Å². The van der Waals surface area contributed by atoms with Gasteiger partial charge in [0.1, 0.15) is 32.6 Å². The largest absolute Gasteiger partial charge is 0.477 e. The lowest BCUT2D eigenvalue weighted by atomic mass is 9.71. The van der Waals surface area contributed by atoms with Crippen LogP contribution >= 0.6 is 23.2 Å². The van der Waals surface area contributed by atoms with Gasteiger partial charge in [0.2, 0.25) is 5.88 Å². The normalized spacial score (nSPS) is 21.9. The van der Waals surface area contributed by atoms with Crippen LogP contribution in [0.5, 0.6) is 5.88 Å². The molecule has 0 unspecified atom stereocenters. The van der Waals surface area contributed by atoms with Crippen molar-refractivity contribution in [1.29, 1.82) is 0 Å². The van der Waals surface area contributed by atoms with Gasteiger partial charge in [0.05, 0.1) is 12.2 Å². The SMILES string of the molecule is CCOc1nc(C(C)(C)C)ncc1C1=N[C@@](C)(c2ccc(Cl)cc2)[C@@](C)(c2ccc(Cl)cc2)N1C(=O)N1CCC(CCCS(C)(=O)=O)CC1. The molecule has 264 valence electrons. The average Bonchev–Trinajstić information content (AvgIpc) is 3.28. The van der Waals surface area contributed by atoms with Crippen LogP contribution in [0.3, 0.4) is 0 Å². The fraction of sp³-hybridized carbons (Fsp3) is 0.514. The number of aromatic nitrogens is 2. The number of hydrogen-bond acceptors (Lipinski definition) is 7. The van der Waals surface area contributed by atoms with Crippen LogP contribution in [0.15, 0.2) is 59.7 Å². The average molecular weight is 729 g/mol. The Morgan fingerprint density at radius 2 is 1.55 bits per heavy atom. The topological polar surface area (TPSA) is 105 Å². The van der Waals surface area contributed by atoms with Crippen molar-refractivity contribution in [3.63, 3.8) is 0 Å². The van der Waals surface area contributed by atoms with E-state index in [1.54, 1.807) is 11.1 Å². The molecule has 2 aromatic carbocycles. The quantitative estimate of drug-likeness (QED) is 0.221. The molecule has 0 radical (unpaired) electrons. The minimum absolute atomic E-state index is 0.181. The van der Waals surface area contributed by atoms with Gasteiger partial charge < -0.3 is 9.64 Å². The second-order valence-corrected chi connectivity index (χ2v) is 17.6. The molecule has 49 heavy (non-hydrogen) atoms. The Morgan fingerprint density at radius 3 is 2.08 bits per heavy atom. The number of piperidine rings is 1. The first-order valence-corrected chi connectivity index (χ1v) is 19.7. The number of carbonyl (C=O) groups excluding carboxylic acids is 1. The van der Waals surface area contributed by atoms with Crippen molar-refractivity contribution in [3.8, 4) is 5.88 Å². The molecule has 12 heteroatoms. The lowest BCUT2D eigenvalue weighted by Crippen LogP contribution is -2.59. The van der Waals surface area contributed by atoms with Crippen molar-refractivity contribution in [1.82, 2.24) is 19.8 Å². The highest BCUT2D eigenvalue weighted by Crippen LogP contribution is 2.54. The Labute approximate surface area is 301 Å². The third-order valence-corrected chi connectivity index (χ3v) is 11.4. The number of ether oxygens (including phenoxy) is 1.